The zero-order valence-electron chi connectivity index (χ0n) is 11.8. The Kier molecular flexibility index (Phi) is 14.2. The molecule has 1 rings (SSSR count). The van der Waals surface area contributed by atoms with E-state index in [1.165, 1.54) is 9.57 Å². The van der Waals surface area contributed by atoms with Gasteiger partial charge in [-0.25, -0.2) is 12.1 Å². The second-order valence-electron chi connectivity index (χ2n) is 5.14. The standard InChI is InChI=1S/C6H17Si2.C5H5.2CO.Fe/c1-7(2)6-8(3,4)5;1-2-4-5-3-1;2*1-2;/h6H2,1-5H3;1-5H;;;/q;-1;;;. The Morgan fingerprint density at radius 3 is 1.61 bits per heavy atom. The third-order valence-electron chi connectivity index (χ3n) is 1.51. The molecule has 0 bridgehead atoms. The van der Waals surface area contributed by atoms with Crippen LogP contribution in [0.4, 0.5) is 0 Å². The number of hydrogen-bond acceptors (Lipinski definition) is 2. The van der Waals surface area contributed by atoms with Gasteiger partial charge in [0.05, 0.1) is 0 Å². The van der Waals surface area contributed by atoms with Gasteiger partial charge >= 0.3 is 33.2 Å². The monoisotopic (exact) mass is 322 g/mol. The van der Waals surface area contributed by atoms with Crippen LogP contribution in [0.15, 0.2) is 30.3 Å². The van der Waals surface area contributed by atoms with E-state index in [9.17, 15) is 0 Å². The fraction of sp³-hybridized carbons (Fsp3) is 0.462. The molecule has 0 saturated heterocycles. The van der Waals surface area contributed by atoms with E-state index in [1.54, 1.807) is 5.67 Å². The minimum Gasteiger partial charge on any atom is -0.214 e. The maximum atomic E-state index is 9.02. The summed E-state index contributed by atoms with van der Waals surface area (Å²) in [5, 5.41) is 0. The van der Waals surface area contributed by atoms with E-state index in [-0.39, 0.29) is 22.9 Å². The van der Waals surface area contributed by atoms with Crippen molar-refractivity contribution in [2.24, 2.45) is 0 Å². The predicted molar refractivity (Wildman–Crippen MR) is 79.1 cm³/mol. The molecule has 0 amide bonds. The van der Waals surface area contributed by atoms with Crippen LogP contribution in [0.2, 0.25) is 38.4 Å². The maximum Gasteiger partial charge on any atom is -0.172 e. The number of hydrogen-bond donors (Lipinski definition) is 0. The molecule has 0 aliphatic carbocycles. The maximum absolute atomic E-state index is 9.02. The van der Waals surface area contributed by atoms with Crippen LogP contribution < -0.4 is 0 Å². The fourth-order valence-electron chi connectivity index (χ4n) is 1.40. The Labute approximate surface area is 119 Å². The third kappa shape index (κ3) is 24.6. The molecule has 0 aliphatic rings. The van der Waals surface area contributed by atoms with E-state index in [0.29, 0.717) is 0 Å². The Balaban J connectivity index is 0. The van der Waals surface area contributed by atoms with Gasteiger partial charge in [0, 0.05) is 16.9 Å². The van der Waals surface area contributed by atoms with E-state index in [0.717, 1.165) is 0 Å². The van der Waals surface area contributed by atoms with Crippen LogP contribution in [0, 0.1) is 0 Å². The molecule has 0 aliphatic heterocycles. The molecule has 1 aromatic carbocycles. The van der Waals surface area contributed by atoms with Crippen molar-refractivity contribution in [3.63, 3.8) is 0 Å². The van der Waals surface area contributed by atoms with Gasteiger partial charge in [-0.1, -0.05) is 38.4 Å². The first-order chi connectivity index (χ1) is 8.33. The summed E-state index contributed by atoms with van der Waals surface area (Å²) in [6.07, 6.45) is 0. The largest absolute Gasteiger partial charge is 0.214 e. The van der Waals surface area contributed by atoms with Gasteiger partial charge in [0.15, 0.2) is 0 Å². The summed E-state index contributed by atoms with van der Waals surface area (Å²) in [5.74, 6) is 0. The van der Waals surface area contributed by atoms with Gasteiger partial charge in [0.25, 0.3) is 0 Å². The first-order valence-electron chi connectivity index (χ1n) is 5.64. The molecular weight excluding hydrogens is 300 g/mol. The summed E-state index contributed by atoms with van der Waals surface area (Å²) in [7, 11) is -0.605. The molecule has 5 heteroatoms. The first-order valence-corrected chi connectivity index (χ1v) is 13.2. The average Bonchev–Trinajstić information content (AvgIpc) is 2.73. The van der Waals surface area contributed by atoms with E-state index in [1.807, 2.05) is 30.3 Å². The zero-order valence-corrected chi connectivity index (χ0v) is 14.9. The van der Waals surface area contributed by atoms with E-state index in [2.05, 4.69) is 32.7 Å². The topological polar surface area (TPSA) is 34.1 Å². The SMILES string of the molecule is C[Si](C)C[Si](C)(C)C.O=[C]=[Fe]=[C]=O.c1cc[cH-]c1. The quantitative estimate of drug-likeness (QED) is 0.619. The summed E-state index contributed by atoms with van der Waals surface area (Å²) in [6, 6.07) is 10.0. The van der Waals surface area contributed by atoms with Crippen molar-refractivity contribution >= 4 is 26.4 Å². The normalized spacial score (nSPS) is 9.22. The van der Waals surface area contributed by atoms with Crippen molar-refractivity contribution in [3.8, 4) is 0 Å². The van der Waals surface area contributed by atoms with Crippen LogP contribution in [0.25, 0.3) is 0 Å². The van der Waals surface area contributed by atoms with Crippen molar-refractivity contribution in [1.29, 1.82) is 0 Å². The van der Waals surface area contributed by atoms with E-state index < -0.39 is 8.07 Å². The molecule has 0 atom stereocenters. The van der Waals surface area contributed by atoms with Gasteiger partial charge < -0.3 is 0 Å². The number of carbonyl (C=O) groups excluding carboxylic acids is 2. The van der Waals surface area contributed by atoms with Crippen molar-refractivity contribution in [1.82, 2.24) is 0 Å². The predicted octanol–water partition coefficient (Wildman–Crippen LogP) is 3.23. The summed E-state index contributed by atoms with van der Waals surface area (Å²) in [4.78, 5) is 20.7. The molecule has 0 fully saturated rings. The van der Waals surface area contributed by atoms with Gasteiger partial charge in [-0.15, -0.1) is 0 Å². The summed E-state index contributed by atoms with van der Waals surface area (Å²) < 4.78 is 0. The molecule has 103 valence electrons. The first kappa shape index (κ1) is 19.8. The smallest absolute Gasteiger partial charge is 0.172 e. The van der Waals surface area contributed by atoms with Gasteiger partial charge in [-0.3, -0.25) is 0 Å². The van der Waals surface area contributed by atoms with E-state index >= 15 is 0 Å². The van der Waals surface area contributed by atoms with Crippen LogP contribution in [0.5, 0.6) is 0 Å². The second-order valence-corrected chi connectivity index (χ2v) is 14.8. The van der Waals surface area contributed by atoms with Gasteiger partial charge in [0.1, 0.15) is 0 Å². The molecular formula is C13H22FeO2Si2-. The molecule has 2 nitrogen and oxygen atoms in total. The molecule has 0 spiro atoms. The van der Waals surface area contributed by atoms with Crippen LogP contribution >= 0.6 is 0 Å². The summed E-state index contributed by atoms with van der Waals surface area (Å²) >= 11 is -0.222. The Bertz CT molecular complexity index is 348. The van der Waals surface area contributed by atoms with Crippen LogP contribution in [0.1, 0.15) is 0 Å². The van der Waals surface area contributed by atoms with Crippen LogP contribution in [0.3, 0.4) is 0 Å². The van der Waals surface area contributed by atoms with Crippen molar-refractivity contribution < 1.29 is 23.7 Å². The van der Waals surface area contributed by atoms with Crippen molar-refractivity contribution in [2.75, 3.05) is 0 Å². The minimum atomic E-state index is -0.675. The average molecular weight is 322 g/mol. The molecule has 1 aromatic rings. The third-order valence-corrected chi connectivity index (χ3v) is 8.81. The second kappa shape index (κ2) is 12.9. The molecule has 1 radical (unpaired) electrons. The van der Waals surface area contributed by atoms with E-state index in [4.69, 9.17) is 9.59 Å². The minimum absolute atomic E-state index is 0.0697. The van der Waals surface area contributed by atoms with Gasteiger partial charge in [-0.2, -0.15) is 18.2 Å². The number of rotatable bonds is 2. The molecule has 0 heterocycles. The molecule has 0 aromatic heterocycles. The van der Waals surface area contributed by atoms with Gasteiger partial charge in [0.2, 0.25) is 0 Å². The van der Waals surface area contributed by atoms with Crippen LogP contribution in [-0.4, -0.2) is 26.4 Å². The fourth-order valence-corrected chi connectivity index (χ4v) is 9.93. The summed E-state index contributed by atoms with van der Waals surface area (Å²) in [6.45, 7) is 12.2. The Morgan fingerprint density at radius 1 is 1.11 bits per heavy atom. The molecule has 18 heavy (non-hydrogen) atoms. The molecule has 0 unspecified atom stereocenters. The van der Waals surface area contributed by atoms with Crippen molar-refractivity contribution in [3.05, 3.63) is 30.3 Å². The van der Waals surface area contributed by atoms with Gasteiger partial charge in [-0.05, 0) is 0 Å². The molecule has 0 saturated carbocycles. The summed E-state index contributed by atoms with van der Waals surface area (Å²) in [5.41, 5.74) is 1.57. The Morgan fingerprint density at radius 2 is 1.56 bits per heavy atom. The molecule has 0 N–H and O–H groups in total. The van der Waals surface area contributed by atoms with Crippen molar-refractivity contribution in [2.45, 2.75) is 38.4 Å². The van der Waals surface area contributed by atoms with Crippen LogP contribution in [-0.2, 0) is 23.7 Å². The zero-order chi connectivity index (χ0) is 14.4. The Hall–Kier alpha value is -0.537.